The second kappa shape index (κ2) is 3.51. The van der Waals surface area contributed by atoms with E-state index >= 15 is 0 Å². The van der Waals surface area contributed by atoms with Gasteiger partial charge in [-0.2, -0.15) is 0 Å². The average molecular weight is 217 g/mol. The Labute approximate surface area is 83.0 Å². The fourth-order valence-electron chi connectivity index (χ4n) is 0.892. The molecule has 3 N–H and O–H groups in total. The average Bonchev–Trinajstić information content (AvgIpc) is 2.08. The number of rotatable bonds is 2. The van der Waals surface area contributed by atoms with Gasteiger partial charge in [0.15, 0.2) is 0 Å². The first kappa shape index (κ1) is 10.3. The number of halogens is 1. The minimum absolute atomic E-state index is 0.127. The van der Waals surface area contributed by atoms with Crippen molar-refractivity contribution in [3.63, 3.8) is 0 Å². The molecule has 74 valence electrons. The van der Waals surface area contributed by atoms with Crippen LogP contribution in [0.1, 0.15) is 10.4 Å². The third-order valence-corrected chi connectivity index (χ3v) is 1.95. The molecule has 0 saturated carbocycles. The molecule has 0 aliphatic carbocycles. The molecule has 0 saturated heterocycles. The minimum Gasteiger partial charge on any atom is -0.478 e. The van der Waals surface area contributed by atoms with Crippen molar-refractivity contribution in [2.75, 3.05) is 5.73 Å². The van der Waals surface area contributed by atoms with Gasteiger partial charge in [0.05, 0.1) is 21.2 Å². The molecular formula is C7H5ClN2O4. The van der Waals surface area contributed by atoms with Gasteiger partial charge in [-0.05, 0) is 0 Å². The van der Waals surface area contributed by atoms with Gasteiger partial charge in [-0.15, -0.1) is 0 Å². The van der Waals surface area contributed by atoms with Crippen LogP contribution < -0.4 is 5.73 Å². The topological polar surface area (TPSA) is 106 Å². The lowest BCUT2D eigenvalue weighted by molar-refractivity contribution is -0.384. The quantitative estimate of drug-likeness (QED) is 0.443. The van der Waals surface area contributed by atoms with Crippen LogP contribution in [-0.2, 0) is 0 Å². The van der Waals surface area contributed by atoms with E-state index in [-0.39, 0.29) is 16.3 Å². The van der Waals surface area contributed by atoms with Crippen LogP contribution in [0.25, 0.3) is 0 Å². The van der Waals surface area contributed by atoms with Crippen LogP contribution in [0.3, 0.4) is 0 Å². The van der Waals surface area contributed by atoms with Crippen LogP contribution in [-0.4, -0.2) is 16.0 Å². The number of nitrogens with two attached hydrogens (primary N) is 1. The first-order chi connectivity index (χ1) is 6.43. The Bertz CT molecular complexity index is 418. The molecule has 0 spiro atoms. The molecular weight excluding hydrogens is 212 g/mol. The second-order valence-corrected chi connectivity index (χ2v) is 2.84. The third kappa shape index (κ3) is 1.74. The van der Waals surface area contributed by atoms with Gasteiger partial charge in [-0.25, -0.2) is 4.79 Å². The van der Waals surface area contributed by atoms with Crippen LogP contribution in [0, 0.1) is 10.1 Å². The number of carboxylic acid groups (broad SMARTS) is 1. The van der Waals surface area contributed by atoms with E-state index < -0.39 is 16.6 Å². The van der Waals surface area contributed by atoms with Gasteiger partial charge in [-0.1, -0.05) is 11.6 Å². The number of carbonyl (C=O) groups is 1. The molecule has 6 nitrogen and oxygen atoms in total. The van der Waals surface area contributed by atoms with Crippen LogP contribution in [0.15, 0.2) is 12.1 Å². The van der Waals surface area contributed by atoms with Gasteiger partial charge < -0.3 is 10.8 Å². The number of carboxylic acids is 1. The number of nitro benzene ring substituents is 1. The Morgan fingerprint density at radius 2 is 2.14 bits per heavy atom. The molecule has 0 atom stereocenters. The van der Waals surface area contributed by atoms with E-state index in [1.54, 1.807) is 0 Å². The highest BCUT2D eigenvalue weighted by Crippen LogP contribution is 2.28. The van der Waals surface area contributed by atoms with Crippen LogP contribution in [0.2, 0.25) is 5.02 Å². The van der Waals surface area contributed by atoms with E-state index in [4.69, 9.17) is 22.4 Å². The summed E-state index contributed by atoms with van der Waals surface area (Å²) in [4.78, 5) is 20.2. The molecule has 0 radical (unpaired) electrons. The maximum Gasteiger partial charge on any atom is 0.337 e. The zero-order valence-electron chi connectivity index (χ0n) is 6.73. The summed E-state index contributed by atoms with van der Waals surface area (Å²) in [5.41, 5.74) is 4.40. The summed E-state index contributed by atoms with van der Waals surface area (Å²) >= 11 is 5.54. The molecule has 0 unspecified atom stereocenters. The van der Waals surface area contributed by atoms with Gasteiger partial charge in [0.2, 0.25) is 0 Å². The highest BCUT2D eigenvalue weighted by Gasteiger charge is 2.17. The Morgan fingerprint density at radius 1 is 1.57 bits per heavy atom. The molecule has 14 heavy (non-hydrogen) atoms. The first-order valence-electron chi connectivity index (χ1n) is 3.40. The number of hydrogen-bond donors (Lipinski definition) is 2. The fraction of sp³-hybridized carbons (Fsp3) is 0. The Balaban J connectivity index is 3.43. The number of benzene rings is 1. The zero-order valence-corrected chi connectivity index (χ0v) is 7.49. The maximum absolute atomic E-state index is 10.6. The molecule has 0 aromatic heterocycles. The van der Waals surface area contributed by atoms with E-state index in [0.717, 1.165) is 12.1 Å². The van der Waals surface area contributed by atoms with Crippen molar-refractivity contribution in [3.05, 3.63) is 32.8 Å². The summed E-state index contributed by atoms with van der Waals surface area (Å²) in [5, 5.41) is 18.8. The molecule has 1 rings (SSSR count). The zero-order chi connectivity index (χ0) is 10.9. The number of nitrogen functional groups attached to an aromatic ring is 1. The largest absolute Gasteiger partial charge is 0.478 e. The van der Waals surface area contributed by atoms with Crippen molar-refractivity contribution in [3.8, 4) is 0 Å². The monoisotopic (exact) mass is 216 g/mol. The lowest BCUT2D eigenvalue weighted by atomic mass is 10.2. The van der Waals surface area contributed by atoms with Crippen molar-refractivity contribution >= 4 is 28.9 Å². The molecule has 0 heterocycles. The number of nitrogens with zero attached hydrogens (tertiary/aromatic N) is 1. The van der Waals surface area contributed by atoms with Crippen molar-refractivity contribution in [2.24, 2.45) is 0 Å². The second-order valence-electron chi connectivity index (χ2n) is 2.46. The van der Waals surface area contributed by atoms with Crippen LogP contribution >= 0.6 is 11.6 Å². The van der Waals surface area contributed by atoms with Gasteiger partial charge in [0.25, 0.3) is 5.69 Å². The summed E-state index contributed by atoms with van der Waals surface area (Å²) in [7, 11) is 0. The first-order valence-corrected chi connectivity index (χ1v) is 3.78. The molecule has 0 aliphatic heterocycles. The van der Waals surface area contributed by atoms with E-state index in [1.807, 2.05) is 0 Å². The maximum atomic E-state index is 10.6. The number of anilines is 1. The lowest BCUT2D eigenvalue weighted by Gasteiger charge is -2.01. The predicted octanol–water partition coefficient (Wildman–Crippen LogP) is 1.53. The van der Waals surface area contributed by atoms with Gasteiger partial charge in [0, 0.05) is 12.1 Å². The molecule has 0 fully saturated rings. The molecule has 1 aromatic rings. The Kier molecular flexibility index (Phi) is 2.57. The summed E-state index contributed by atoms with van der Waals surface area (Å²) in [6, 6.07) is 1.87. The van der Waals surface area contributed by atoms with Crippen molar-refractivity contribution in [1.29, 1.82) is 0 Å². The van der Waals surface area contributed by atoms with E-state index in [2.05, 4.69) is 0 Å². The molecule has 0 aliphatic rings. The summed E-state index contributed by atoms with van der Waals surface area (Å²) in [6.07, 6.45) is 0. The third-order valence-electron chi connectivity index (χ3n) is 1.53. The summed E-state index contributed by atoms with van der Waals surface area (Å²) in [5.74, 6) is -1.36. The van der Waals surface area contributed by atoms with E-state index in [1.165, 1.54) is 0 Å². The number of hydrogen-bond acceptors (Lipinski definition) is 4. The van der Waals surface area contributed by atoms with E-state index in [0.29, 0.717) is 0 Å². The molecule has 7 heteroatoms. The van der Waals surface area contributed by atoms with E-state index in [9.17, 15) is 14.9 Å². The normalized spacial score (nSPS) is 9.79. The number of nitro groups is 1. The highest BCUT2D eigenvalue weighted by atomic mass is 35.5. The standard InChI is InChI=1S/C7H5ClN2O4/c8-6-4(7(11)12)1-3(10(13)14)2-5(6)9/h1-2H,9H2,(H,11,12). The van der Waals surface area contributed by atoms with Crippen molar-refractivity contribution in [2.45, 2.75) is 0 Å². The van der Waals surface area contributed by atoms with Crippen molar-refractivity contribution < 1.29 is 14.8 Å². The molecule has 0 amide bonds. The lowest BCUT2D eigenvalue weighted by Crippen LogP contribution is -2.02. The predicted molar refractivity (Wildman–Crippen MR) is 49.5 cm³/mol. The SMILES string of the molecule is Nc1cc([N+](=O)[O-])cc(C(=O)O)c1Cl. The number of aromatic carboxylic acids is 1. The molecule has 1 aromatic carbocycles. The molecule has 0 bridgehead atoms. The van der Waals surface area contributed by atoms with Gasteiger partial charge in [0.1, 0.15) is 0 Å². The number of non-ortho nitro benzene ring substituents is 1. The van der Waals surface area contributed by atoms with Gasteiger partial charge in [-0.3, -0.25) is 10.1 Å². The smallest absolute Gasteiger partial charge is 0.337 e. The van der Waals surface area contributed by atoms with Crippen LogP contribution in [0.4, 0.5) is 11.4 Å². The highest BCUT2D eigenvalue weighted by molar-refractivity contribution is 6.36. The fourth-order valence-corrected chi connectivity index (χ4v) is 1.08. The van der Waals surface area contributed by atoms with Crippen molar-refractivity contribution in [1.82, 2.24) is 0 Å². The van der Waals surface area contributed by atoms with Gasteiger partial charge >= 0.3 is 5.97 Å². The summed E-state index contributed by atoms with van der Waals surface area (Å²) in [6.45, 7) is 0. The summed E-state index contributed by atoms with van der Waals surface area (Å²) < 4.78 is 0. The minimum atomic E-state index is -1.36. The Morgan fingerprint density at radius 3 is 2.57 bits per heavy atom. The van der Waals surface area contributed by atoms with Crippen LogP contribution in [0.5, 0.6) is 0 Å². The Hall–Kier alpha value is -1.82.